The second-order valence-corrected chi connectivity index (χ2v) is 9.01. The smallest absolute Gasteiger partial charge is 0.325 e. The number of fused-ring (bicyclic) bond motifs is 1. The number of ketones is 1. The number of aromatic amines is 1. The predicted octanol–water partition coefficient (Wildman–Crippen LogP) is 2.39. The van der Waals surface area contributed by atoms with Gasteiger partial charge in [0, 0.05) is 24.8 Å². The number of carbonyl (C=O) groups is 4. The van der Waals surface area contributed by atoms with Gasteiger partial charge in [0.15, 0.2) is 5.78 Å². The Labute approximate surface area is 186 Å². The number of hydrogen-bond donors (Lipinski definition) is 2. The Balaban J connectivity index is 1.31. The number of nitrogens with zero attached hydrogens (tertiary/aromatic N) is 2. The maximum Gasteiger partial charge on any atom is 0.325 e. The zero-order valence-corrected chi connectivity index (χ0v) is 18.1. The first kappa shape index (κ1) is 20.5. The molecule has 0 unspecified atom stereocenters. The highest BCUT2D eigenvalue weighted by atomic mass is 16.2. The average molecular weight is 434 g/mol. The van der Waals surface area contributed by atoms with Gasteiger partial charge in [-0.1, -0.05) is 18.2 Å². The number of carbonyl (C=O) groups excluding carboxylic acids is 4. The van der Waals surface area contributed by atoms with E-state index in [9.17, 15) is 19.2 Å². The summed E-state index contributed by atoms with van der Waals surface area (Å²) in [5.41, 5.74) is 2.64. The molecule has 32 heavy (non-hydrogen) atoms. The van der Waals surface area contributed by atoms with E-state index < -0.39 is 23.3 Å². The number of amides is 4. The van der Waals surface area contributed by atoms with Gasteiger partial charge in [-0.15, -0.1) is 0 Å². The van der Waals surface area contributed by atoms with E-state index in [0.29, 0.717) is 18.8 Å². The Morgan fingerprint density at radius 1 is 1.03 bits per heavy atom. The van der Waals surface area contributed by atoms with Crippen LogP contribution in [-0.2, 0) is 23.2 Å². The highest BCUT2D eigenvalue weighted by Crippen LogP contribution is 2.32. The molecular formula is C24H26N4O4. The molecule has 0 bridgehead atoms. The van der Waals surface area contributed by atoms with Crippen molar-refractivity contribution in [1.29, 1.82) is 0 Å². The van der Waals surface area contributed by atoms with Gasteiger partial charge in [0.25, 0.3) is 11.8 Å². The van der Waals surface area contributed by atoms with E-state index in [1.54, 1.807) is 11.8 Å². The second-order valence-electron chi connectivity index (χ2n) is 9.01. The number of likely N-dealkylation sites (tertiary alicyclic amines) is 1. The number of aryl methyl sites for hydroxylation is 2. The zero-order chi connectivity index (χ0) is 22.5. The van der Waals surface area contributed by atoms with Crippen molar-refractivity contribution in [3.8, 4) is 0 Å². The van der Waals surface area contributed by atoms with Gasteiger partial charge >= 0.3 is 6.03 Å². The van der Waals surface area contributed by atoms with Crippen molar-refractivity contribution in [2.45, 2.75) is 44.6 Å². The minimum atomic E-state index is -1.20. The number of aromatic nitrogens is 1. The Morgan fingerprint density at radius 2 is 1.78 bits per heavy atom. The monoisotopic (exact) mass is 434 g/mol. The fourth-order valence-corrected chi connectivity index (χ4v) is 4.92. The first-order valence-electron chi connectivity index (χ1n) is 11.1. The third kappa shape index (κ3) is 3.30. The molecule has 0 spiro atoms. The maximum absolute atomic E-state index is 13.2. The highest BCUT2D eigenvalue weighted by Gasteiger charge is 2.49. The van der Waals surface area contributed by atoms with E-state index in [2.05, 4.69) is 10.3 Å². The molecule has 5 rings (SSSR count). The molecule has 1 atom stereocenters. The number of imide groups is 1. The number of Topliss-reactive ketones (excluding diaryl/α,β-unsaturated/α-hetero) is 1. The molecule has 3 aliphatic rings. The molecule has 2 saturated heterocycles. The number of benzene rings is 1. The average Bonchev–Trinajstić information content (AvgIpc) is 3.57. The van der Waals surface area contributed by atoms with E-state index in [-0.39, 0.29) is 18.0 Å². The minimum Gasteiger partial charge on any atom is -0.356 e. The van der Waals surface area contributed by atoms with Gasteiger partial charge in [0.2, 0.25) is 0 Å². The van der Waals surface area contributed by atoms with Crippen LogP contribution >= 0.6 is 0 Å². The summed E-state index contributed by atoms with van der Waals surface area (Å²) in [5.74, 6) is -0.984. The van der Waals surface area contributed by atoms with Crippen LogP contribution in [0.1, 0.15) is 63.7 Å². The van der Waals surface area contributed by atoms with Gasteiger partial charge < -0.3 is 15.2 Å². The summed E-state index contributed by atoms with van der Waals surface area (Å²) in [5, 5.41) is 2.77. The van der Waals surface area contributed by atoms with Gasteiger partial charge in [0.05, 0.1) is 6.54 Å². The lowest BCUT2D eigenvalue weighted by Crippen LogP contribution is -2.41. The van der Waals surface area contributed by atoms with E-state index in [1.165, 1.54) is 23.4 Å². The van der Waals surface area contributed by atoms with Crippen LogP contribution < -0.4 is 5.32 Å². The quantitative estimate of drug-likeness (QED) is 0.557. The van der Waals surface area contributed by atoms with Crippen molar-refractivity contribution >= 4 is 23.6 Å². The summed E-state index contributed by atoms with van der Waals surface area (Å²) >= 11 is 0. The van der Waals surface area contributed by atoms with Crippen LogP contribution in [0.2, 0.25) is 0 Å². The molecule has 8 nitrogen and oxygen atoms in total. The van der Waals surface area contributed by atoms with Crippen molar-refractivity contribution in [1.82, 2.24) is 20.1 Å². The molecular weight excluding hydrogens is 408 g/mol. The lowest BCUT2D eigenvalue weighted by molar-refractivity contribution is -0.130. The fraction of sp³-hybridized carbons (Fsp3) is 0.417. The SMILES string of the molecule is C[C@]1(c2ccc3c(c2)CCC3)NC(=O)N(CC(=O)c2c[nH]c(C(=O)N3CCCC3)c2)C1=O. The predicted molar refractivity (Wildman–Crippen MR) is 116 cm³/mol. The summed E-state index contributed by atoms with van der Waals surface area (Å²) < 4.78 is 0. The second kappa shape index (κ2) is 7.62. The number of rotatable bonds is 5. The van der Waals surface area contributed by atoms with E-state index in [1.807, 2.05) is 18.2 Å². The number of urea groups is 1. The van der Waals surface area contributed by atoms with Gasteiger partial charge in [-0.25, -0.2) is 4.79 Å². The number of nitrogens with one attached hydrogen (secondary N) is 2. The summed E-state index contributed by atoms with van der Waals surface area (Å²) in [7, 11) is 0. The van der Waals surface area contributed by atoms with E-state index in [4.69, 9.17) is 0 Å². The molecule has 2 aliphatic heterocycles. The molecule has 2 N–H and O–H groups in total. The summed E-state index contributed by atoms with van der Waals surface area (Å²) in [6, 6.07) is 6.82. The van der Waals surface area contributed by atoms with E-state index >= 15 is 0 Å². The van der Waals surface area contributed by atoms with Crippen LogP contribution in [0.15, 0.2) is 30.5 Å². The van der Waals surface area contributed by atoms with Crippen molar-refractivity contribution in [3.63, 3.8) is 0 Å². The molecule has 0 saturated carbocycles. The zero-order valence-electron chi connectivity index (χ0n) is 18.1. The van der Waals surface area contributed by atoms with Crippen molar-refractivity contribution in [2.75, 3.05) is 19.6 Å². The number of hydrogen-bond acceptors (Lipinski definition) is 4. The molecule has 1 aromatic heterocycles. The fourth-order valence-electron chi connectivity index (χ4n) is 4.92. The first-order chi connectivity index (χ1) is 15.4. The third-order valence-corrected chi connectivity index (χ3v) is 6.88. The minimum absolute atomic E-state index is 0.138. The molecule has 0 radical (unpaired) electrons. The van der Waals surface area contributed by atoms with E-state index in [0.717, 1.165) is 42.6 Å². The van der Waals surface area contributed by atoms with Crippen LogP contribution in [0.4, 0.5) is 4.79 Å². The van der Waals surface area contributed by atoms with Gasteiger partial charge in [0.1, 0.15) is 11.2 Å². The highest BCUT2D eigenvalue weighted by molar-refractivity contribution is 6.11. The molecule has 1 aromatic carbocycles. The summed E-state index contributed by atoms with van der Waals surface area (Å²) in [6.07, 6.45) is 6.52. The molecule has 1 aliphatic carbocycles. The first-order valence-corrected chi connectivity index (χ1v) is 11.1. The Bertz CT molecular complexity index is 1130. The largest absolute Gasteiger partial charge is 0.356 e. The van der Waals surface area contributed by atoms with Crippen LogP contribution in [-0.4, -0.2) is 58.0 Å². The molecule has 3 heterocycles. The molecule has 8 heteroatoms. The Kier molecular flexibility index (Phi) is 4.87. The lowest BCUT2D eigenvalue weighted by atomic mass is 9.89. The topological polar surface area (TPSA) is 103 Å². The Morgan fingerprint density at radius 3 is 2.56 bits per heavy atom. The molecule has 4 amide bonds. The molecule has 2 fully saturated rings. The lowest BCUT2D eigenvalue weighted by Gasteiger charge is -2.23. The summed E-state index contributed by atoms with van der Waals surface area (Å²) in [4.78, 5) is 56.8. The molecule has 2 aromatic rings. The molecule has 166 valence electrons. The van der Waals surface area contributed by atoms with Crippen LogP contribution in [0.5, 0.6) is 0 Å². The van der Waals surface area contributed by atoms with Gasteiger partial charge in [-0.3, -0.25) is 19.3 Å². The maximum atomic E-state index is 13.2. The van der Waals surface area contributed by atoms with Crippen molar-refractivity contribution < 1.29 is 19.2 Å². The summed E-state index contributed by atoms with van der Waals surface area (Å²) in [6.45, 7) is 2.73. The van der Waals surface area contributed by atoms with Crippen LogP contribution in [0.3, 0.4) is 0 Å². The van der Waals surface area contributed by atoms with Crippen LogP contribution in [0, 0.1) is 0 Å². The van der Waals surface area contributed by atoms with Crippen molar-refractivity contribution in [2.24, 2.45) is 0 Å². The number of H-pyrrole nitrogens is 1. The van der Waals surface area contributed by atoms with Gasteiger partial charge in [-0.2, -0.15) is 0 Å². The standard InChI is InChI=1S/C24H26N4O4/c1-24(18-8-7-15-5-4-6-16(15)11-18)22(31)28(23(32)26-24)14-20(29)17-12-19(25-13-17)21(30)27-9-2-3-10-27/h7-8,11-13,25H,2-6,9-10,14H2,1H3,(H,26,32)/t24-/m1/s1. The van der Waals surface area contributed by atoms with Gasteiger partial charge in [-0.05, 0) is 61.8 Å². The normalized spacial score (nSPS) is 22.4. The third-order valence-electron chi connectivity index (χ3n) is 6.88. The Hall–Kier alpha value is -3.42. The van der Waals surface area contributed by atoms with Crippen LogP contribution in [0.25, 0.3) is 0 Å². The van der Waals surface area contributed by atoms with Crippen molar-refractivity contribution in [3.05, 3.63) is 58.4 Å².